The van der Waals surface area contributed by atoms with E-state index in [2.05, 4.69) is 15.4 Å². The molecule has 0 spiro atoms. The molecule has 0 bridgehead atoms. The minimum absolute atomic E-state index is 0.0707. The van der Waals surface area contributed by atoms with Crippen LogP contribution in [0, 0.1) is 13.8 Å². The summed E-state index contributed by atoms with van der Waals surface area (Å²) in [5, 5.41) is 6.91. The van der Waals surface area contributed by atoms with Gasteiger partial charge in [-0.15, -0.1) is 11.3 Å². The van der Waals surface area contributed by atoms with Gasteiger partial charge in [0, 0.05) is 10.6 Å². The van der Waals surface area contributed by atoms with Crippen LogP contribution in [0.5, 0.6) is 5.75 Å². The molecule has 0 aliphatic carbocycles. The van der Waals surface area contributed by atoms with E-state index in [1.165, 1.54) is 30.6 Å². The Kier molecular flexibility index (Phi) is 7.09. The second-order valence-electron chi connectivity index (χ2n) is 5.62. The maximum atomic E-state index is 12.3. The number of ether oxygens (including phenoxy) is 2. The maximum absolute atomic E-state index is 12.3. The predicted octanol–water partition coefficient (Wildman–Crippen LogP) is 5.12. The molecule has 0 atom stereocenters. The van der Waals surface area contributed by atoms with Crippen molar-refractivity contribution in [3.05, 3.63) is 39.8 Å². The number of hydrogen-bond acceptors (Lipinski definition) is 5. The molecule has 9 heteroatoms. The van der Waals surface area contributed by atoms with Gasteiger partial charge in [0.05, 0.1) is 12.7 Å². The maximum Gasteiger partial charge on any atom is 0.387 e. The van der Waals surface area contributed by atoms with Crippen molar-refractivity contribution >= 4 is 45.3 Å². The van der Waals surface area contributed by atoms with E-state index in [4.69, 9.17) is 17.0 Å². The summed E-state index contributed by atoms with van der Waals surface area (Å²) >= 11 is 6.75. The molecule has 1 aromatic carbocycles. The number of methoxy groups -OCH3 is 1. The van der Waals surface area contributed by atoms with Gasteiger partial charge in [0.25, 0.3) is 0 Å². The van der Waals surface area contributed by atoms with Crippen molar-refractivity contribution in [2.45, 2.75) is 33.8 Å². The summed E-state index contributed by atoms with van der Waals surface area (Å²) in [6.45, 7) is 2.77. The first-order valence-electron chi connectivity index (χ1n) is 8.10. The first kappa shape index (κ1) is 21.0. The zero-order valence-corrected chi connectivity index (χ0v) is 16.9. The minimum Gasteiger partial charge on any atom is -0.465 e. The molecule has 0 saturated carbocycles. The quantitative estimate of drug-likeness (QED) is 0.505. The molecule has 1 heterocycles. The number of alkyl halides is 2. The van der Waals surface area contributed by atoms with Crippen LogP contribution in [0.3, 0.4) is 0 Å². The van der Waals surface area contributed by atoms with Crippen LogP contribution in [0.2, 0.25) is 0 Å². The number of anilines is 2. The van der Waals surface area contributed by atoms with Crippen molar-refractivity contribution in [2.24, 2.45) is 0 Å². The molecule has 146 valence electrons. The second kappa shape index (κ2) is 9.09. The summed E-state index contributed by atoms with van der Waals surface area (Å²) in [5.41, 5.74) is 2.71. The summed E-state index contributed by atoms with van der Waals surface area (Å²) in [6, 6.07) is 4.51. The number of thiocarbonyl (C=S) groups is 1. The third kappa shape index (κ3) is 5.14. The highest BCUT2D eigenvalue weighted by Crippen LogP contribution is 2.34. The molecular formula is C18H20F2N2O3S2. The van der Waals surface area contributed by atoms with Gasteiger partial charge < -0.3 is 20.1 Å². The molecule has 0 amide bonds. The average molecular weight is 414 g/mol. The number of benzene rings is 1. The third-order valence-electron chi connectivity index (χ3n) is 3.85. The Morgan fingerprint density at radius 3 is 2.56 bits per heavy atom. The van der Waals surface area contributed by atoms with Crippen LogP contribution in [-0.2, 0) is 11.2 Å². The van der Waals surface area contributed by atoms with E-state index in [0.29, 0.717) is 28.2 Å². The van der Waals surface area contributed by atoms with Gasteiger partial charge in [-0.05, 0) is 61.8 Å². The minimum atomic E-state index is -2.88. The normalized spacial score (nSPS) is 10.6. The van der Waals surface area contributed by atoms with Crippen LogP contribution in [-0.4, -0.2) is 24.8 Å². The molecule has 2 N–H and O–H groups in total. The van der Waals surface area contributed by atoms with E-state index in [-0.39, 0.29) is 10.9 Å². The van der Waals surface area contributed by atoms with Gasteiger partial charge in [0.1, 0.15) is 10.8 Å². The highest BCUT2D eigenvalue weighted by molar-refractivity contribution is 7.80. The zero-order valence-electron chi connectivity index (χ0n) is 15.3. The fourth-order valence-electron chi connectivity index (χ4n) is 2.62. The van der Waals surface area contributed by atoms with Crippen molar-refractivity contribution in [1.82, 2.24) is 0 Å². The Hall–Kier alpha value is -2.26. The van der Waals surface area contributed by atoms with Crippen molar-refractivity contribution in [2.75, 3.05) is 17.7 Å². The number of rotatable bonds is 6. The molecule has 0 fully saturated rings. The SMILES string of the molecule is CCc1c(C)sc(NC(=S)Nc2ccc(OC(F)F)cc2C)c1C(=O)OC. The van der Waals surface area contributed by atoms with Crippen LogP contribution >= 0.6 is 23.6 Å². The van der Waals surface area contributed by atoms with Crippen molar-refractivity contribution < 1.29 is 23.0 Å². The smallest absolute Gasteiger partial charge is 0.387 e. The van der Waals surface area contributed by atoms with Gasteiger partial charge >= 0.3 is 12.6 Å². The first-order valence-corrected chi connectivity index (χ1v) is 9.33. The second-order valence-corrected chi connectivity index (χ2v) is 7.25. The molecule has 0 aliphatic rings. The predicted molar refractivity (Wildman–Crippen MR) is 107 cm³/mol. The molecule has 0 aliphatic heterocycles. The Morgan fingerprint density at radius 2 is 2.00 bits per heavy atom. The lowest BCUT2D eigenvalue weighted by atomic mass is 10.1. The van der Waals surface area contributed by atoms with E-state index in [0.717, 1.165) is 10.4 Å². The van der Waals surface area contributed by atoms with E-state index in [9.17, 15) is 13.6 Å². The van der Waals surface area contributed by atoms with Gasteiger partial charge in [-0.2, -0.15) is 8.78 Å². The number of halogens is 2. The molecule has 5 nitrogen and oxygen atoms in total. The van der Waals surface area contributed by atoms with Crippen LogP contribution < -0.4 is 15.4 Å². The molecule has 27 heavy (non-hydrogen) atoms. The van der Waals surface area contributed by atoms with Gasteiger partial charge in [-0.25, -0.2) is 4.79 Å². The number of thiophene rings is 1. The number of aryl methyl sites for hydroxylation is 2. The van der Waals surface area contributed by atoms with Crippen molar-refractivity contribution in [1.29, 1.82) is 0 Å². The van der Waals surface area contributed by atoms with E-state index < -0.39 is 12.6 Å². The Balaban J connectivity index is 2.18. The topological polar surface area (TPSA) is 59.6 Å². The van der Waals surface area contributed by atoms with Crippen LogP contribution in [0.4, 0.5) is 19.5 Å². The van der Waals surface area contributed by atoms with Crippen LogP contribution in [0.15, 0.2) is 18.2 Å². The van der Waals surface area contributed by atoms with Gasteiger partial charge in [-0.1, -0.05) is 6.92 Å². The Morgan fingerprint density at radius 1 is 1.30 bits per heavy atom. The lowest BCUT2D eigenvalue weighted by Gasteiger charge is -2.14. The summed E-state index contributed by atoms with van der Waals surface area (Å²) in [5.74, 6) is -0.354. The number of carbonyl (C=O) groups excluding carboxylic acids is 1. The van der Waals surface area contributed by atoms with Gasteiger partial charge in [-0.3, -0.25) is 0 Å². The van der Waals surface area contributed by atoms with Crippen LogP contribution in [0.1, 0.15) is 33.3 Å². The van der Waals surface area contributed by atoms with Gasteiger partial charge in [0.2, 0.25) is 0 Å². The number of hydrogen-bond donors (Lipinski definition) is 2. The Labute approximate surface area is 165 Å². The zero-order chi connectivity index (χ0) is 20.1. The van der Waals surface area contributed by atoms with Gasteiger partial charge in [0.15, 0.2) is 5.11 Å². The molecule has 0 radical (unpaired) electrons. The van der Waals surface area contributed by atoms with E-state index in [1.807, 2.05) is 13.8 Å². The van der Waals surface area contributed by atoms with E-state index >= 15 is 0 Å². The molecule has 1 aromatic heterocycles. The molecule has 2 rings (SSSR count). The summed E-state index contributed by atoms with van der Waals surface area (Å²) < 4.78 is 33.9. The van der Waals surface area contributed by atoms with Crippen LogP contribution in [0.25, 0.3) is 0 Å². The van der Waals surface area contributed by atoms with Crippen molar-refractivity contribution in [3.63, 3.8) is 0 Å². The first-order chi connectivity index (χ1) is 12.8. The molecule has 0 saturated heterocycles. The molecular weight excluding hydrogens is 394 g/mol. The highest BCUT2D eigenvalue weighted by atomic mass is 32.1. The number of esters is 1. The third-order valence-corrected chi connectivity index (χ3v) is 5.12. The summed E-state index contributed by atoms with van der Waals surface area (Å²) in [4.78, 5) is 13.2. The fraction of sp³-hybridized carbons (Fsp3) is 0.333. The van der Waals surface area contributed by atoms with E-state index in [1.54, 1.807) is 13.0 Å². The lowest BCUT2D eigenvalue weighted by Crippen LogP contribution is -2.20. The monoisotopic (exact) mass is 414 g/mol. The number of carbonyl (C=O) groups is 1. The highest BCUT2D eigenvalue weighted by Gasteiger charge is 2.22. The Bertz CT molecular complexity index is 853. The number of nitrogens with one attached hydrogen (secondary N) is 2. The molecule has 0 unspecified atom stereocenters. The lowest BCUT2D eigenvalue weighted by molar-refractivity contribution is -0.0498. The standard InChI is InChI=1S/C18H20F2N2O3S2/c1-5-12-10(3)27-15(14(12)16(23)24-4)22-18(26)21-13-7-6-11(8-9(13)2)25-17(19)20/h6-8,17H,5H2,1-4H3,(H2,21,22,26). The largest absolute Gasteiger partial charge is 0.465 e. The molecule has 2 aromatic rings. The summed E-state index contributed by atoms with van der Waals surface area (Å²) in [7, 11) is 1.33. The summed E-state index contributed by atoms with van der Waals surface area (Å²) in [6.07, 6.45) is 0.694. The van der Waals surface area contributed by atoms with Crippen molar-refractivity contribution in [3.8, 4) is 5.75 Å². The fourth-order valence-corrected chi connectivity index (χ4v) is 4.03. The average Bonchev–Trinajstić information content (AvgIpc) is 2.91.